The molecule has 0 radical (unpaired) electrons. The predicted octanol–water partition coefficient (Wildman–Crippen LogP) is 3.72. The quantitative estimate of drug-likeness (QED) is 0.660. The summed E-state index contributed by atoms with van der Waals surface area (Å²) in [7, 11) is 1.58. The molecule has 0 aliphatic rings. The van der Waals surface area contributed by atoms with Gasteiger partial charge in [-0.05, 0) is 37.6 Å². The molecule has 2 aromatic carbocycles. The van der Waals surface area contributed by atoms with Crippen molar-refractivity contribution in [2.24, 2.45) is 0 Å². The van der Waals surface area contributed by atoms with E-state index >= 15 is 0 Å². The number of benzene rings is 2. The van der Waals surface area contributed by atoms with Gasteiger partial charge in [0.1, 0.15) is 5.75 Å². The van der Waals surface area contributed by atoms with E-state index in [0.717, 1.165) is 11.1 Å². The number of ether oxygens (including phenoxy) is 2. The van der Waals surface area contributed by atoms with Gasteiger partial charge in [0, 0.05) is 0 Å². The van der Waals surface area contributed by atoms with E-state index in [9.17, 15) is 4.79 Å². The Labute approximate surface area is 145 Å². The van der Waals surface area contributed by atoms with Gasteiger partial charge in [0.15, 0.2) is 6.61 Å². The van der Waals surface area contributed by atoms with Crippen molar-refractivity contribution in [3.8, 4) is 17.1 Å². The lowest BCUT2D eigenvalue weighted by atomic mass is 10.1. The standard InChI is InChI=1S/C19H18N2O4/c1-12-8-9-13(2)15(10-12)19(22)24-11-17-20-18(21-25-17)14-6-4-5-7-16(14)23-3/h4-10H,11H2,1-3H3. The van der Waals surface area contributed by atoms with E-state index in [1.165, 1.54) is 0 Å². The van der Waals surface area contributed by atoms with Crippen molar-refractivity contribution in [2.75, 3.05) is 7.11 Å². The first kappa shape index (κ1) is 16.7. The molecule has 1 heterocycles. The van der Waals surface area contributed by atoms with Crippen molar-refractivity contribution >= 4 is 5.97 Å². The molecule has 0 aliphatic carbocycles. The van der Waals surface area contributed by atoms with Crippen LogP contribution >= 0.6 is 0 Å². The van der Waals surface area contributed by atoms with Crippen LogP contribution < -0.4 is 4.74 Å². The molecule has 6 heteroatoms. The van der Waals surface area contributed by atoms with Crippen LogP contribution in [0.4, 0.5) is 0 Å². The maximum absolute atomic E-state index is 12.2. The van der Waals surface area contributed by atoms with Gasteiger partial charge >= 0.3 is 5.97 Å². The summed E-state index contributed by atoms with van der Waals surface area (Å²) >= 11 is 0. The monoisotopic (exact) mass is 338 g/mol. The summed E-state index contributed by atoms with van der Waals surface area (Å²) in [6.45, 7) is 3.70. The van der Waals surface area contributed by atoms with Crippen molar-refractivity contribution in [3.63, 3.8) is 0 Å². The smallest absolute Gasteiger partial charge is 0.338 e. The van der Waals surface area contributed by atoms with Crippen LogP contribution in [0, 0.1) is 13.8 Å². The van der Waals surface area contributed by atoms with E-state index in [1.807, 2.05) is 50.2 Å². The summed E-state index contributed by atoms with van der Waals surface area (Å²) in [5.74, 6) is 0.829. The lowest BCUT2D eigenvalue weighted by Gasteiger charge is -2.06. The van der Waals surface area contributed by atoms with Crippen LogP contribution in [0.5, 0.6) is 5.75 Å². The number of nitrogens with zero attached hydrogens (tertiary/aromatic N) is 2. The molecule has 0 saturated heterocycles. The fourth-order valence-electron chi connectivity index (χ4n) is 2.41. The zero-order valence-electron chi connectivity index (χ0n) is 14.3. The Hall–Kier alpha value is -3.15. The highest BCUT2D eigenvalue weighted by molar-refractivity contribution is 5.91. The number of esters is 1. The number of methoxy groups -OCH3 is 1. The fraction of sp³-hybridized carbons (Fsp3) is 0.211. The maximum Gasteiger partial charge on any atom is 0.338 e. The van der Waals surface area contributed by atoms with Gasteiger partial charge in [-0.25, -0.2) is 4.79 Å². The van der Waals surface area contributed by atoms with Gasteiger partial charge in [0.05, 0.1) is 18.2 Å². The molecule has 6 nitrogen and oxygen atoms in total. The number of aromatic nitrogens is 2. The molecule has 25 heavy (non-hydrogen) atoms. The number of hydrogen-bond acceptors (Lipinski definition) is 6. The van der Waals surface area contributed by atoms with Gasteiger partial charge in [-0.15, -0.1) is 0 Å². The average Bonchev–Trinajstić information content (AvgIpc) is 3.10. The Morgan fingerprint density at radius 2 is 1.96 bits per heavy atom. The molecule has 1 aromatic heterocycles. The maximum atomic E-state index is 12.2. The van der Waals surface area contributed by atoms with E-state index < -0.39 is 5.97 Å². The predicted molar refractivity (Wildman–Crippen MR) is 91.3 cm³/mol. The minimum absolute atomic E-state index is 0.0889. The first-order chi connectivity index (χ1) is 12.1. The van der Waals surface area contributed by atoms with E-state index in [1.54, 1.807) is 13.2 Å². The van der Waals surface area contributed by atoms with Gasteiger partial charge in [-0.1, -0.05) is 35.0 Å². The first-order valence-electron chi connectivity index (χ1n) is 7.79. The van der Waals surface area contributed by atoms with Gasteiger partial charge in [0.2, 0.25) is 5.82 Å². The SMILES string of the molecule is COc1ccccc1-c1noc(COC(=O)c2cc(C)ccc2C)n1. The third-order valence-corrected chi connectivity index (χ3v) is 3.76. The minimum atomic E-state index is -0.418. The van der Waals surface area contributed by atoms with Gasteiger partial charge in [-0.2, -0.15) is 4.98 Å². The summed E-state index contributed by atoms with van der Waals surface area (Å²) in [6.07, 6.45) is 0. The minimum Gasteiger partial charge on any atom is -0.496 e. The highest BCUT2D eigenvalue weighted by atomic mass is 16.6. The Morgan fingerprint density at radius 3 is 2.76 bits per heavy atom. The number of hydrogen-bond donors (Lipinski definition) is 0. The largest absolute Gasteiger partial charge is 0.496 e. The second-order valence-corrected chi connectivity index (χ2v) is 5.61. The van der Waals surface area contributed by atoms with Crippen LogP contribution in [0.25, 0.3) is 11.4 Å². The van der Waals surface area contributed by atoms with Crippen LogP contribution in [-0.4, -0.2) is 23.2 Å². The highest BCUT2D eigenvalue weighted by Crippen LogP contribution is 2.27. The van der Waals surface area contributed by atoms with Crippen LogP contribution in [0.2, 0.25) is 0 Å². The molecule has 3 aromatic rings. The van der Waals surface area contributed by atoms with E-state index in [2.05, 4.69) is 10.1 Å². The van der Waals surface area contributed by atoms with E-state index in [4.69, 9.17) is 14.0 Å². The molecule has 3 rings (SSSR count). The number of para-hydroxylation sites is 1. The summed E-state index contributed by atoms with van der Waals surface area (Å²) in [5.41, 5.74) is 3.09. The number of aryl methyl sites for hydroxylation is 2. The molecule has 0 saturated carbocycles. The molecule has 128 valence electrons. The van der Waals surface area contributed by atoms with Crippen molar-refractivity contribution in [1.29, 1.82) is 0 Å². The van der Waals surface area contributed by atoms with Gasteiger partial charge in [-0.3, -0.25) is 0 Å². The summed E-state index contributed by atoms with van der Waals surface area (Å²) in [6, 6.07) is 13.0. The molecular formula is C19H18N2O4. The summed E-state index contributed by atoms with van der Waals surface area (Å²) < 4.78 is 15.7. The molecule has 0 amide bonds. The fourth-order valence-corrected chi connectivity index (χ4v) is 2.41. The number of carbonyl (C=O) groups is 1. The van der Waals surface area contributed by atoms with Gasteiger partial charge in [0.25, 0.3) is 5.89 Å². The lowest BCUT2D eigenvalue weighted by Crippen LogP contribution is -2.07. The van der Waals surface area contributed by atoms with Crippen LogP contribution in [0.3, 0.4) is 0 Å². The third kappa shape index (κ3) is 3.68. The molecule has 0 N–H and O–H groups in total. The molecule has 0 unspecified atom stereocenters. The number of rotatable bonds is 5. The topological polar surface area (TPSA) is 74.5 Å². The second-order valence-electron chi connectivity index (χ2n) is 5.61. The Morgan fingerprint density at radius 1 is 1.16 bits per heavy atom. The van der Waals surface area contributed by atoms with Crippen molar-refractivity contribution < 1.29 is 18.8 Å². The summed E-state index contributed by atoms with van der Waals surface area (Å²) in [4.78, 5) is 16.5. The highest BCUT2D eigenvalue weighted by Gasteiger charge is 2.16. The second kappa shape index (κ2) is 7.17. The molecule has 0 aliphatic heterocycles. The molecule has 0 bridgehead atoms. The van der Waals surface area contributed by atoms with Crippen molar-refractivity contribution in [3.05, 3.63) is 65.0 Å². The molecule has 0 fully saturated rings. The Kier molecular flexibility index (Phi) is 4.79. The zero-order valence-corrected chi connectivity index (χ0v) is 14.3. The van der Waals surface area contributed by atoms with Crippen LogP contribution in [0.15, 0.2) is 47.0 Å². The van der Waals surface area contributed by atoms with Gasteiger partial charge < -0.3 is 14.0 Å². The first-order valence-corrected chi connectivity index (χ1v) is 7.79. The number of carbonyl (C=O) groups excluding carboxylic acids is 1. The van der Waals surface area contributed by atoms with E-state index in [-0.39, 0.29) is 12.5 Å². The zero-order chi connectivity index (χ0) is 17.8. The Balaban J connectivity index is 1.72. The lowest BCUT2D eigenvalue weighted by molar-refractivity contribution is 0.0429. The molecule has 0 spiro atoms. The molecule has 0 atom stereocenters. The van der Waals surface area contributed by atoms with Crippen LogP contribution in [-0.2, 0) is 11.3 Å². The van der Waals surface area contributed by atoms with Crippen molar-refractivity contribution in [2.45, 2.75) is 20.5 Å². The average molecular weight is 338 g/mol. The molecular weight excluding hydrogens is 320 g/mol. The Bertz CT molecular complexity index is 902. The third-order valence-electron chi connectivity index (χ3n) is 3.76. The summed E-state index contributed by atoms with van der Waals surface area (Å²) in [5, 5.41) is 3.92. The van der Waals surface area contributed by atoms with Crippen LogP contribution in [0.1, 0.15) is 27.4 Å². The van der Waals surface area contributed by atoms with E-state index in [0.29, 0.717) is 22.7 Å². The van der Waals surface area contributed by atoms with Crippen molar-refractivity contribution in [1.82, 2.24) is 10.1 Å². The normalized spacial score (nSPS) is 10.5.